The van der Waals surface area contributed by atoms with Crippen LogP contribution in [0.3, 0.4) is 0 Å². The van der Waals surface area contributed by atoms with Gasteiger partial charge in [0, 0.05) is 0 Å². The second-order valence-corrected chi connectivity index (χ2v) is 0.608. The molecule has 2 radical (unpaired) electrons. The predicted molar refractivity (Wildman–Crippen MR) is 17.2 cm³/mol. The standard InChI is InChI=1S/C2BF3.K.H/c3-1(4)2(5)6;;/q;+1;-1. The first-order valence-electron chi connectivity index (χ1n) is 1.11. The minimum absolute atomic E-state index is 0. The monoisotopic (exact) mass is 132 g/mol. The molecule has 0 aromatic carbocycles. The minimum Gasteiger partial charge on any atom is -1.00 e. The first kappa shape index (κ1) is 11.1. The van der Waals surface area contributed by atoms with Crippen LogP contribution >= 0.6 is 0 Å². The van der Waals surface area contributed by atoms with Gasteiger partial charge in [-0.1, -0.05) is 0 Å². The summed E-state index contributed by atoms with van der Waals surface area (Å²) in [5.74, 6) is 0. The van der Waals surface area contributed by atoms with E-state index in [1.54, 1.807) is 0 Å². The van der Waals surface area contributed by atoms with E-state index in [1.165, 1.54) is 0 Å². The van der Waals surface area contributed by atoms with Gasteiger partial charge in [0.15, 0.2) is 7.85 Å². The molecule has 34 valence electrons. The molecule has 0 saturated heterocycles. The molecule has 0 N–H and O–H groups in total. The zero-order chi connectivity index (χ0) is 5.15. The van der Waals surface area contributed by atoms with Crippen molar-refractivity contribution in [3.8, 4) is 0 Å². The fraction of sp³-hybridized carbons (Fsp3) is 0. The molecule has 5 heteroatoms. The summed E-state index contributed by atoms with van der Waals surface area (Å²) in [5, 5.41) is 0. The van der Waals surface area contributed by atoms with E-state index in [2.05, 4.69) is 7.85 Å². The summed E-state index contributed by atoms with van der Waals surface area (Å²) >= 11 is 0. The van der Waals surface area contributed by atoms with Crippen molar-refractivity contribution in [3.05, 3.63) is 11.8 Å². The Balaban J connectivity index is -0.000000125. The molecule has 0 aliphatic carbocycles. The van der Waals surface area contributed by atoms with Crippen LogP contribution in [0.2, 0.25) is 0 Å². The second-order valence-electron chi connectivity index (χ2n) is 0.608. The molecule has 0 saturated carbocycles. The summed E-state index contributed by atoms with van der Waals surface area (Å²) in [6, 6.07) is 0. The van der Waals surface area contributed by atoms with Gasteiger partial charge in [-0.2, -0.15) is 8.78 Å². The van der Waals surface area contributed by atoms with Crippen molar-refractivity contribution >= 4 is 7.85 Å². The minimum atomic E-state index is -2.46. The quantitative estimate of drug-likeness (QED) is 0.345. The van der Waals surface area contributed by atoms with E-state index in [4.69, 9.17) is 0 Å². The number of halogens is 3. The zero-order valence-corrected chi connectivity index (χ0v) is 6.83. The van der Waals surface area contributed by atoms with Crippen LogP contribution in [-0.4, -0.2) is 7.85 Å². The Morgan fingerprint density at radius 1 is 1.29 bits per heavy atom. The van der Waals surface area contributed by atoms with Gasteiger partial charge in [0.1, 0.15) is 5.73 Å². The zero-order valence-electron chi connectivity index (χ0n) is 4.71. The molecule has 0 aromatic rings. The molecule has 0 aliphatic heterocycles. The first-order valence-corrected chi connectivity index (χ1v) is 1.11. The van der Waals surface area contributed by atoms with Gasteiger partial charge in [0.25, 0.3) is 6.08 Å². The molecular formula is C2HBF3K. The molecule has 0 unspecified atom stereocenters. The third-order valence-corrected chi connectivity index (χ3v) is 0.181. The maximum Gasteiger partial charge on any atom is 1.00 e. The molecule has 0 heterocycles. The van der Waals surface area contributed by atoms with Crippen molar-refractivity contribution in [1.29, 1.82) is 0 Å². The molecule has 0 aliphatic rings. The fourth-order valence-corrected chi connectivity index (χ4v) is 0. The SMILES string of the molecule is [B]C(F)=C(F)F.[H-].[K+]. The van der Waals surface area contributed by atoms with Gasteiger partial charge in [-0.05, 0) is 0 Å². The van der Waals surface area contributed by atoms with Crippen molar-refractivity contribution in [2.75, 3.05) is 0 Å². The third-order valence-electron chi connectivity index (χ3n) is 0.181. The second kappa shape index (κ2) is 5.37. The molecule has 0 atom stereocenters. The Morgan fingerprint density at radius 3 is 1.43 bits per heavy atom. The van der Waals surface area contributed by atoms with Gasteiger partial charge in [-0.25, -0.2) is 4.39 Å². The number of hydrogen-bond acceptors (Lipinski definition) is 0. The Labute approximate surface area is 84.5 Å². The van der Waals surface area contributed by atoms with Gasteiger partial charge in [0.05, 0.1) is 0 Å². The summed E-state index contributed by atoms with van der Waals surface area (Å²) in [6.45, 7) is 0. The van der Waals surface area contributed by atoms with Gasteiger partial charge in [-0.3, -0.25) is 0 Å². The molecule has 0 aromatic heterocycles. The van der Waals surface area contributed by atoms with E-state index >= 15 is 0 Å². The van der Waals surface area contributed by atoms with E-state index in [-0.39, 0.29) is 52.8 Å². The molecule has 0 spiro atoms. The van der Waals surface area contributed by atoms with Crippen LogP contribution in [0, 0.1) is 0 Å². The van der Waals surface area contributed by atoms with E-state index in [0.717, 1.165) is 0 Å². The summed E-state index contributed by atoms with van der Waals surface area (Å²) < 4.78 is 31.8. The van der Waals surface area contributed by atoms with Gasteiger partial charge in [0.2, 0.25) is 0 Å². The first-order chi connectivity index (χ1) is 2.64. The summed E-state index contributed by atoms with van der Waals surface area (Å²) in [4.78, 5) is 0. The predicted octanol–water partition coefficient (Wildman–Crippen LogP) is -1.69. The Hall–Kier alpha value is 1.23. The van der Waals surface area contributed by atoms with Crippen LogP contribution in [0.25, 0.3) is 0 Å². The molecule has 0 nitrogen and oxygen atoms in total. The molecule has 0 bridgehead atoms. The Kier molecular flexibility index (Phi) is 8.50. The maximum absolute atomic E-state index is 10.7. The normalized spacial score (nSPS) is 6.71. The van der Waals surface area contributed by atoms with Crippen LogP contribution < -0.4 is 51.4 Å². The van der Waals surface area contributed by atoms with Crippen LogP contribution in [0.1, 0.15) is 1.43 Å². The number of rotatable bonds is 0. The molecular weight excluding hydrogens is 131 g/mol. The van der Waals surface area contributed by atoms with Crippen molar-refractivity contribution in [2.45, 2.75) is 0 Å². The Bertz CT molecular complexity index is 67.4. The molecule has 0 fully saturated rings. The summed E-state index contributed by atoms with van der Waals surface area (Å²) in [5.41, 5.74) is -1.91. The van der Waals surface area contributed by atoms with Gasteiger partial charge in [-0.15, -0.1) is 0 Å². The fourth-order valence-electron chi connectivity index (χ4n) is 0. The smallest absolute Gasteiger partial charge is 1.00 e. The summed E-state index contributed by atoms with van der Waals surface area (Å²) in [6.07, 6.45) is -2.46. The van der Waals surface area contributed by atoms with Crippen LogP contribution in [0.15, 0.2) is 11.8 Å². The van der Waals surface area contributed by atoms with Crippen LogP contribution in [0.4, 0.5) is 13.2 Å². The van der Waals surface area contributed by atoms with E-state index in [0.29, 0.717) is 0 Å². The van der Waals surface area contributed by atoms with Crippen molar-refractivity contribution in [1.82, 2.24) is 0 Å². The van der Waals surface area contributed by atoms with Gasteiger partial charge >= 0.3 is 51.4 Å². The van der Waals surface area contributed by atoms with Crippen molar-refractivity contribution in [2.24, 2.45) is 0 Å². The largest absolute Gasteiger partial charge is 1.00 e. The van der Waals surface area contributed by atoms with Crippen LogP contribution in [0.5, 0.6) is 0 Å². The third kappa shape index (κ3) is 7.23. The maximum atomic E-state index is 10.7. The van der Waals surface area contributed by atoms with E-state index in [1.807, 2.05) is 0 Å². The molecule has 0 rings (SSSR count). The van der Waals surface area contributed by atoms with Crippen molar-refractivity contribution in [3.63, 3.8) is 0 Å². The molecule has 7 heavy (non-hydrogen) atoms. The summed E-state index contributed by atoms with van der Waals surface area (Å²) in [7, 11) is 3.90. The molecule has 0 amide bonds. The van der Waals surface area contributed by atoms with Gasteiger partial charge < -0.3 is 1.43 Å². The van der Waals surface area contributed by atoms with Crippen molar-refractivity contribution < 1.29 is 66.0 Å². The topological polar surface area (TPSA) is 0 Å². The average Bonchev–Trinajstić information content (AvgIpc) is 1.36. The van der Waals surface area contributed by atoms with E-state index in [9.17, 15) is 13.2 Å². The van der Waals surface area contributed by atoms with E-state index < -0.39 is 11.8 Å². The average molecular weight is 132 g/mol. The number of hydrogen-bond donors (Lipinski definition) is 0. The Morgan fingerprint density at radius 2 is 1.43 bits per heavy atom. The van der Waals surface area contributed by atoms with Crippen LogP contribution in [-0.2, 0) is 0 Å².